The summed E-state index contributed by atoms with van der Waals surface area (Å²) in [7, 11) is -0.743. The molecule has 0 fully saturated rings. The van der Waals surface area contributed by atoms with Crippen LogP contribution >= 0.6 is 0 Å². The molecule has 0 saturated heterocycles. The lowest BCUT2D eigenvalue weighted by atomic mass is 10.2. The first-order valence-corrected chi connectivity index (χ1v) is 10.3. The van der Waals surface area contributed by atoms with E-state index in [4.69, 9.17) is 9.47 Å². The van der Waals surface area contributed by atoms with Crippen LogP contribution in [0.15, 0.2) is 47.4 Å². The number of ketones is 1. The third-order valence-corrected chi connectivity index (χ3v) is 5.62. The second-order valence-corrected chi connectivity index (χ2v) is 7.95. The van der Waals surface area contributed by atoms with E-state index in [1.165, 1.54) is 32.2 Å². The highest BCUT2D eigenvalue weighted by molar-refractivity contribution is 7.89. The molecule has 9 heteroatoms. The van der Waals surface area contributed by atoms with E-state index in [1.54, 1.807) is 31.4 Å². The number of carbonyl (C=O) groups is 2. The maximum absolute atomic E-state index is 12.3. The molecule has 0 radical (unpaired) electrons. The zero-order chi connectivity index (χ0) is 21.4. The van der Waals surface area contributed by atoms with Crippen molar-refractivity contribution in [2.24, 2.45) is 0 Å². The highest BCUT2D eigenvalue weighted by Crippen LogP contribution is 2.23. The van der Waals surface area contributed by atoms with Gasteiger partial charge in [0.1, 0.15) is 11.5 Å². The molecular formula is C20H24N2O6S. The average Bonchev–Trinajstić information content (AvgIpc) is 2.71. The fourth-order valence-electron chi connectivity index (χ4n) is 2.57. The van der Waals surface area contributed by atoms with E-state index < -0.39 is 10.0 Å². The molecule has 156 valence electrons. The standard InChI is InChI=1S/C20H24N2O6S/c1-14(23)15-5-4-6-18(12-15)29(25,26)22-10-9-20(24)21-13-16-11-17(27-2)7-8-19(16)28-3/h4-8,11-12,22H,9-10,13H2,1-3H3,(H,21,24). The number of Topliss-reactive ketones (excluding diaryl/α,β-unsaturated/α-hetero) is 1. The summed E-state index contributed by atoms with van der Waals surface area (Å²) in [5.74, 6) is 0.692. The lowest BCUT2D eigenvalue weighted by molar-refractivity contribution is -0.121. The molecule has 29 heavy (non-hydrogen) atoms. The summed E-state index contributed by atoms with van der Waals surface area (Å²) in [4.78, 5) is 23.5. The Morgan fingerprint density at radius 3 is 2.45 bits per heavy atom. The average molecular weight is 420 g/mol. The van der Waals surface area contributed by atoms with Crippen molar-refractivity contribution in [3.05, 3.63) is 53.6 Å². The minimum absolute atomic E-state index is 0.0216. The van der Waals surface area contributed by atoms with Crippen molar-refractivity contribution in [3.63, 3.8) is 0 Å². The van der Waals surface area contributed by atoms with Crippen LogP contribution in [0.3, 0.4) is 0 Å². The predicted molar refractivity (Wildman–Crippen MR) is 108 cm³/mol. The predicted octanol–water partition coefficient (Wildman–Crippen LogP) is 1.89. The SMILES string of the molecule is COc1ccc(OC)c(CNC(=O)CCNS(=O)(=O)c2cccc(C(C)=O)c2)c1. The van der Waals surface area contributed by atoms with E-state index in [-0.39, 0.29) is 36.1 Å². The Balaban J connectivity index is 1.90. The third-order valence-electron chi connectivity index (χ3n) is 4.16. The monoisotopic (exact) mass is 420 g/mol. The molecular weight excluding hydrogens is 396 g/mol. The maximum Gasteiger partial charge on any atom is 0.240 e. The molecule has 0 aliphatic carbocycles. The van der Waals surface area contributed by atoms with E-state index in [1.807, 2.05) is 0 Å². The van der Waals surface area contributed by atoms with Gasteiger partial charge in [0.25, 0.3) is 0 Å². The van der Waals surface area contributed by atoms with Crippen LogP contribution in [0.5, 0.6) is 11.5 Å². The van der Waals surface area contributed by atoms with Gasteiger partial charge in [-0.3, -0.25) is 9.59 Å². The van der Waals surface area contributed by atoms with Crippen LogP contribution in [0.4, 0.5) is 0 Å². The summed E-state index contributed by atoms with van der Waals surface area (Å²) in [5.41, 5.74) is 1.04. The van der Waals surface area contributed by atoms with Crippen LogP contribution < -0.4 is 19.5 Å². The van der Waals surface area contributed by atoms with Gasteiger partial charge >= 0.3 is 0 Å². The summed E-state index contributed by atoms with van der Waals surface area (Å²) >= 11 is 0. The van der Waals surface area contributed by atoms with E-state index >= 15 is 0 Å². The number of hydrogen-bond acceptors (Lipinski definition) is 6. The molecule has 1 amide bonds. The van der Waals surface area contributed by atoms with Gasteiger partial charge in [-0.2, -0.15) is 0 Å². The molecule has 0 aliphatic heterocycles. The molecule has 0 spiro atoms. The normalized spacial score (nSPS) is 11.0. The number of nitrogens with one attached hydrogen (secondary N) is 2. The molecule has 0 unspecified atom stereocenters. The smallest absolute Gasteiger partial charge is 0.240 e. The Bertz CT molecular complexity index is 988. The number of amides is 1. The lowest BCUT2D eigenvalue weighted by Gasteiger charge is -2.12. The number of hydrogen-bond donors (Lipinski definition) is 2. The highest BCUT2D eigenvalue weighted by Gasteiger charge is 2.16. The molecule has 0 heterocycles. The topological polar surface area (TPSA) is 111 Å². The number of benzene rings is 2. The summed E-state index contributed by atoms with van der Waals surface area (Å²) in [6.45, 7) is 1.50. The molecule has 0 saturated carbocycles. The van der Waals surface area contributed by atoms with E-state index in [2.05, 4.69) is 10.0 Å². The third kappa shape index (κ3) is 6.30. The molecule has 0 bridgehead atoms. The van der Waals surface area contributed by atoms with Gasteiger partial charge in [-0.15, -0.1) is 0 Å². The molecule has 2 aromatic rings. The lowest BCUT2D eigenvalue weighted by Crippen LogP contribution is -2.30. The first-order chi connectivity index (χ1) is 13.8. The van der Waals surface area contributed by atoms with Gasteiger partial charge < -0.3 is 14.8 Å². The van der Waals surface area contributed by atoms with Crippen LogP contribution in [-0.4, -0.2) is 40.9 Å². The van der Waals surface area contributed by atoms with Crippen molar-refractivity contribution in [2.75, 3.05) is 20.8 Å². The zero-order valence-corrected chi connectivity index (χ0v) is 17.3. The molecule has 0 atom stereocenters. The van der Waals surface area contributed by atoms with Crippen molar-refractivity contribution < 1.29 is 27.5 Å². The Morgan fingerprint density at radius 2 is 1.79 bits per heavy atom. The quantitative estimate of drug-likeness (QED) is 0.568. The van der Waals surface area contributed by atoms with Gasteiger partial charge in [0.05, 0.1) is 19.1 Å². The molecule has 2 rings (SSSR count). The van der Waals surface area contributed by atoms with Crippen molar-refractivity contribution in [1.82, 2.24) is 10.0 Å². The summed E-state index contributed by atoms with van der Waals surface area (Å²) in [5, 5.41) is 2.72. The Labute approximate surface area is 170 Å². The first-order valence-electron chi connectivity index (χ1n) is 8.85. The summed E-state index contributed by atoms with van der Waals surface area (Å²) in [6.07, 6.45) is -0.0437. The van der Waals surface area contributed by atoms with Gasteiger partial charge in [0.15, 0.2) is 5.78 Å². The Hall–Kier alpha value is -2.91. The second-order valence-electron chi connectivity index (χ2n) is 6.19. The van der Waals surface area contributed by atoms with E-state index in [9.17, 15) is 18.0 Å². The molecule has 8 nitrogen and oxygen atoms in total. The number of sulfonamides is 1. The summed E-state index contributed by atoms with van der Waals surface area (Å²) < 4.78 is 37.5. The maximum atomic E-state index is 12.3. The van der Waals surface area contributed by atoms with Crippen molar-refractivity contribution in [2.45, 2.75) is 24.8 Å². The minimum atomic E-state index is -3.82. The summed E-state index contributed by atoms with van der Waals surface area (Å²) in [6, 6.07) is 11.0. The van der Waals surface area contributed by atoms with Crippen molar-refractivity contribution in [3.8, 4) is 11.5 Å². The van der Waals surface area contributed by atoms with Crippen LogP contribution in [0, 0.1) is 0 Å². The van der Waals surface area contributed by atoms with Gasteiger partial charge in [0.2, 0.25) is 15.9 Å². The van der Waals surface area contributed by atoms with Crippen LogP contribution in [-0.2, 0) is 21.4 Å². The van der Waals surface area contributed by atoms with E-state index in [0.29, 0.717) is 17.1 Å². The number of methoxy groups -OCH3 is 2. The fourth-order valence-corrected chi connectivity index (χ4v) is 3.64. The number of carbonyl (C=O) groups excluding carboxylic acids is 2. The molecule has 2 aromatic carbocycles. The van der Waals surface area contributed by atoms with Crippen molar-refractivity contribution >= 4 is 21.7 Å². The Kier molecular flexibility index (Phi) is 7.74. The fraction of sp³-hybridized carbons (Fsp3) is 0.300. The zero-order valence-electron chi connectivity index (χ0n) is 16.5. The molecule has 2 N–H and O–H groups in total. The molecule has 0 aliphatic rings. The van der Waals surface area contributed by atoms with Crippen molar-refractivity contribution in [1.29, 1.82) is 0 Å². The first kappa shape index (κ1) is 22.4. The van der Waals surface area contributed by atoms with E-state index in [0.717, 1.165) is 5.56 Å². The van der Waals surface area contributed by atoms with Crippen LogP contribution in [0.1, 0.15) is 29.3 Å². The van der Waals surface area contributed by atoms with Crippen LogP contribution in [0.25, 0.3) is 0 Å². The largest absolute Gasteiger partial charge is 0.497 e. The highest BCUT2D eigenvalue weighted by atomic mass is 32.2. The minimum Gasteiger partial charge on any atom is -0.497 e. The van der Waals surface area contributed by atoms with Gasteiger partial charge in [0, 0.05) is 30.6 Å². The van der Waals surface area contributed by atoms with Gasteiger partial charge in [-0.1, -0.05) is 12.1 Å². The second kappa shape index (κ2) is 10.0. The van der Waals surface area contributed by atoms with Crippen LogP contribution in [0.2, 0.25) is 0 Å². The van der Waals surface area contributed by atoms with Gasteiger partial charge in [-0.25, -0.2) is 13.1 Å². The number of rotatable bonds is 10. The Morgan fingerprint density at radius 1 is 1.03 bits per heavy atom. The molecule has 0 aromatic heterocycles. The number of ether oxygens (including phenoxy) is 2. The van der Waals surface area contributed by atoms with Gasteiger partial charge in [-0.05, 0) is 37.3 Å².